The van der Waals surface area contributed by atoms with Gasteiger partial charge in [0.2, 0.25) is 0 Å². The van der Waals surface area contributed by atoms with Gasteiger partial charge in [0.25, 0.3) is 10.2 Å². The predicted octanol–water partition coefficient (Wildman–Crippen LogP) is 1.92. The van der Waals surface area contributed by atoms with Crippen LogP contribution in [0.1, 0.15) is 47.0 Å². The highest BCUT2D eigenvalue weighted by Gasteiger charge is 2.38. The van der Waals surface area contributed by atoms with Gasteiger partial charge in [-0.25, -0.2) is 0 Å². The topological polar surface area (TPSA) is 52.7 Å². The lowest BCUT2D eigenvalue weighted by Gasteiger charge is -2.28. The van der Waals surface area contributed by atoms with Gasteiger partial charge in [0, 0.05) is 26.7 Å². The molecule has 0 spiro atoms. The van der Waals surface area contributed by atoms with E-state index < -0.39 is 10.2 Å². The molecule has 1 atom stereocenters. The summed E-state index contributed by atoms with van der Waals surface area (Å²) in [7, 11) is -1.59. The Labute approximate surface area is 131 Å². The van der Waals surface area contributed by atoms with Crippen LogP contribution >= 0.6 is 0 Å². The zero-order valence-electron chi connectivity index (χ0n) is 14.4. The fourth-order valence-corrected chi connectivity index (χ4v) is 4.14. The smallest absolute Gasteiger partial charge is 0.281 e. The van der Waals surface area contributed by atoms with Crippen molar-refractivity contribution in [3.8, 4) is 0 Å². The Hall–Kier alpha value is -0.170. The molecule has 126 valence electrons. The molecule has 0 aliphatic carbocycles. The van der Waals surface area contributed by atoms with Crippen molar-refractivity contribution in [2.75, 3.05) is 39.8 Å². The number of nitrogens with one attached hydrogen (secondary N) is 1. The van der Waals surface area contributed by atoms with E-state index in [1.54, 1.807) is 11.4 Å². The van der Waals surface area contributed by atoms with Gasteiger partial charge in [-0.1, -0.05) is 27.7 Å². The van der Waals surface area contributed by atoms with Gasteiger partial charge in [0.05, 0.1) is 0 Å². The fourth-order valence-electron chi connectivity index (χ4n) is 2.69. The normalized spacial score (nSPS) is 21.3. The van der Waals surface area contributed by atoms with Crippen LogP contribution in [-0.2, 0) is 10.2 Å². The Morgan fingerprint density at radius 3 is 2.48 bits per heavy atom. The van der Waals surface area contributed by atoms with Crippen LogP contribution in [0.2, 0.25) is 0 Å². The van der Waals surface area contributed by atoms with Crippen LogP contribution in [0.25, 0.3) is 0 Å². The minimum atomic E-state index is -3.29. The van der Waals surface area contributed by atoms with E-state index in [0.29, 0.717) is 25.6 Å². The molecule has 1 saturated heterocycles. The first-order chi connectivity index (χ1) is 9.69. The SMILES string of the molecule is CCCNCCCN(C)S(=O)(=O)N1CCC(C(C)(C)C)C1. The molecule has 0 amide bonds. The second kappa shape index (κ2) is 7.90. The van der Waals surface area contributed by atoms with Gasteiger partial charge < -0.3 is 5.32 Å². The highest BCUT2D eigenvalue weighted by atomic mass is 32.2. The van der Waals surface area contributed by atoms with Gasteiger partial charge in [-0.2, -0.15) is 17.0 Å². The first-order valence-electron chi connectivity index (χ1n) is 8.11. The third-order valence-corrected chi connectivity index (χ3v) is 6.30. The summed E-state index contributed by atoms with van der Waals surface area (Å²) in [4.78, 5) is 0. The first-order valence-corrected chi connectivity index (χ1v) is 9.51. The van der Waals surface area contributed by atoms with Crippen molar-refractivity contribution in [2.24, 2.45) is 11.3 Å². The predicted molar refractivity (Wildman–Crippen MR) is 88.5 cm³/mol. The molecule has 6 heteroatoms. The number of nitrogens with zero attached hydrogens (tertiary/aromatic N) is 2. The lowest BCUT2D eigenvalue weighted by atomic mass is 9.80. The molecule has 5 nitrogen and oxygen atoms in total. The molecule has 0 aromatic carbocycles. The maximum Gasteiger partial charge on any atom is 0.281 e. The molecule has 0 aromatic heterocycles. The van der Waals surface area contributed by atoms with E-state index in [1.165, 1.54) is 4.31 Å². The van der Waals surface area contributed by atoms with E-state index >= 15 is 0 Å². The molecule has 0 saturated carbocycles. The summed E-state index contributed by atoms with van der Waals surface area (Å²) < 4.78 is 28.3. The lowest BCUT2D eigenvalue weighted by molar-refractivity contribution is 0.249. The van der Waals surface area contributed by atoms with Crippen LogP contribution in [0.4, 0.5) is 0 Å². The van der Waals surface area contributed by atoms with Crippen molar-refractivity contribution in [3.05, 3.63) is 0 Å². The van der Waals surface area contributed by atoms with Crippen molar-refractivity contribution in [1.82, 2.24) is 13.9 Å². The second-order valence-electron chi connectivity index (χ2n) is 7.14. The van der Waals surface area contributed by atoms with Crippen LogP contribution in [0.15, 0.2) is 0 Å². The van der Waals surface area contributed by atoms with Crippen molar-refractivity contribution in [1.29, 1.82) is 0 Å². The summed E-state index contributed by atoms with van der Waals surface area (Å²) in [5.74, 6) is 0.451. The van der Waals surface area contributed by atoms with E-state index in [-0.39, 0.29) is 5.41 Å². The van der Waals surface area contributed by atoms with Crippen LogP contribution in [0.5, 0.6) is 0 Å². The van der Waals surface area contributed by atoms with Crippen molar-refractivity contribution >= 4 is 10.2 Å². The molecule has 0 radical (unpaired) electrons. The molecular formula is C15H33N3O2S. The van der Waals surface area contributed by atoms with Crippen LogP contribution in [-0.4, -0.2) is 56.8 Å². The summed E-state index contributed by atoms with van der Waals surface area (Å²) in [6, 6.07) is 0. The van der Waals surface area contributed by atoms with Gasteiger partial charge in [-0.3, -0.25) is 0 Å². The van der Waals surface area contributed by atoms with E-state index in [4.69, 9.17) is 0 Å². The Balaban J connectivity index is 2.46. The number of rotatable bonds is 8. The van der Waals surface area contributed by atoms with E-state index in [9.17, 15) is 8.42 Å². The maximum atomic E-state index is 12.6. The largest absolute Gasteiger partial charge is 0.317 e. The summed E-state index contributed by atoms with van der Waals surface area (Å²) >= 11 is 0. The molecule has 1 aliphatic heterocycles. The Bertz CT molecular complexity index is 404. The molecule has 21 heavy (non-hydrogen) atoms. The number of hydrogen-bond donors (Lipinski definition) is 1. The van der Waals surface area contributed by atoms with Gasteiger partial charge >= 0.3 is 0 Å². The first kappa shape index (κ1) is 18.9. The molecular weight excluding hydrogens is 286 g/mol. The standard InChI is InChI=1S/C15H33N3O2S/c1-6-9-16-10-7-11-17(5)21(19,20)18-12-8-14(13-18)15(2,3)4/h14,16H,6-13H2,1-5H3. The molecule has 1 fully saturated rings. The number of hydrogen-bond acceptors (Lipinski definition) is 3. The average molecular weight is 320 g/mol. The zero-order chi connectivity index (χ0) is 16.1. The van der Waals surface area contributed by atoms with Crippen LogP contribution in [0.3, 0.4) is 0 Å². The minimum Gasteiger partial charge on any atom is -0.317 e. The Kier molecular flexibility index (Phi) is 7.10. The highest BCUT2D eigenvalue weighted by Crippen LogP contribution is 2.34. The summed E-state index contributed by atoms with van der Waals surface area (Å²) in [5, 5.41) is 3.30. The van der Waals surface area contributed by atoms with E-state index in [2.05, 4.69) is 33.0 Å². The van der Waals surface area contributed by atoms with Gasteiger partial charge in [0.1, 0.15) is 0 Å². The summed E-state index contributed by atoms with van der Waals surface area (Å²) in [5.41, 5.74) is 0.174. The molecule has 1 N–H and O–H groups in total. The van der Waals surface area contributed by atoms with Crippen LogP contribution in [0, 0.1) is 11.3 Å². The van der Waals surface area contributed by atoms with Gasteiger partial charge in [-0.05, 0) is 43.7 Å². The Morgan fingerprint density at radius 2 is 1.95 bits per heavy atom. The van der Waals surface area contributed by atoms with Crippen molar-refractivity contribution in [2.45, 2.75) is 47.0 Å². The summed E-state index contributed by atoms with van der Waals surface area (Å²) in [6.07, 6.45) is 2.93. The third kappa shape index (κ3) is 5.51. The summed E-state index contributed by atoms with van der Waals surface area (Å²) in [6.45, 7) is 12.5. The van der Waals surface area contributed by atoms with E-state index in [0.717, 1.165) is 32.4 Å². The molecule has 0 bridgehead atoms. The van der Waals surface area contributed by atoms with Gasteiger partial charge in [-0.15, -0.1) is 0 Å². The van der Waals surface area contributed by atoms with Crippen molar-refractivity contribution in [3.63, 3.8) is 0 Å². The fraction of sp³-hybridized carbons (Fsp3) is 1.00. The maximum absolute atomic E-state index is 12.6. The minimum absolute atomic E-state index is 0.174. The monoisotopic (exact) mass is 319 g/mol. The molecule has 0 aromatic rings. The third-order valence-electron chi connectivity index (χ3n) is 4.35. The van der Waals surface area contributed by atoms with Crippen molar-refractivity contribution < 1.29 is 8.42 Å². The lowest BCUT2D eigenvalue weighted by Crippen LogP contribution is -2.42. The van der Waals surface area contributed by atoms with Gasteiger partial charge in [0.15, 0.2) is 0 Å². The zero-order valence-corrected chi connectivity index (χ0v) is 15.2. The molecule has 1 rings (SSSR count). The average Bonchev–Trinajstić information content (AvgIpc) is 2.88. The Morgan fingerprint density at radius 1 is 1.29 bits per heavy atom. The molecule has 1 aliphatic rings. The molecule has 1 heterocycles. The second-order valence-corrected chi connectivity index (χ2v) is 9.18. The van der Waals surface area contributed by atoms with Crippen LogP contribution < -0.4 is 5.32 Å². The quantitative estimate of drug-likeness (QED) is 0.696. The van der Waals surface area contributed by atoms with E-state index in [1.807, 2.05) is 0 Å². The molecule has 1 unspecified atom stereocenters. The highest BCUT2D eigenvalue weighted by molar-refractivity contribution is 7.86.